The molecule has 4 nitrogen and oxygen atoms in total. The van der Waals surface area contributed by atoms with Gasteiger partial charge in [0.05, 0.1) is 7.11 Å². The molecule has 0 heterocycles. The second kappa shape index (κ2) is 7.71. The number of halogens is 1. The fourth-order valence-electron chi connectivity index (χ4n) is 1.85. The number of ether oxygens (including phenoxy) is 2. The van der Waals surface area contributed by atoms with Crippen molar-refractivity contribution in [3.05, 3.63) is 59.1 Å². The lowest BCUT2D eigenvalue weighted by molar-refractivity contribution is -0.127. The predicted molar refractivity (Wildman–Crippen MR) is 86.4 cm³/mol. The highest BCUT2D eigenvalue weighted by Gasteiger charge is 2.14. The Morgan fingerprint density at radius 1 is 1.09 bits per heavy atom. The molecule has 2 aromatic carbocycles. The van der Waals surface area contributed by atoms with Gasteiger partial charge in [-0.25, -0.2) is 0 Å². The summed E-state index contributed by atoms with van der Waals surface area (Å²) in [7, 11) is 1.62. The van der Waals surface area contributed by atoms with Crippen LogP contribution in [0.3, 0.4) is 0 Å². The molecule has 2 rings (SSSR count). The van der Waals surface area contributed by atoms with E-state index in [1.807, 2.05) is 24.3 Å². The lowest BCUT2D eigenvalue weighted by Gasteiger charge is -2.15. The van der Waals surface area contributed by atoms with Crippen molar-refractivity contribution in [2.75, 3.05) is 7.11 Å². The molecule has 22 heavy (non-hydrogen) atoms. The van der Waals surface area contributed by atoms with Crippen LogP contribution in [0.1, 0.15) is 12.5 Å². The minimum Gasteiger partial charge on any atom is -0.497 e. The van der Waals surface area contributed by atoms with Crippen molar-refractivity contribution in [3.63, 3.8) is 0 Å². The Balaban J connectivity index is 1.84. The number of carbonyl (C=O) groups excluding carboxylic acids is 1. The quantitative estimate of drug-likeness (QED) is 0.887. The zero-order valence-electron chi connectivity index (χ0n) is 12.5. The van der Waals surface area contributed by atoms with Gasteiger partial charge in [0.25, 0.3) is 5.91 Å². The smallest absolute Gasteiger partial charge is 0.261 e. The van der Waals surface area contributed by atoms with Crippen LogP contribution in [0.25, 0.3) is 0 Å². The first-order chi connectivity index (χ1) is 10.6. The van der Waals surface area contributed by atoms with Crippen LogP contribution < -0.4 is 14.8 Å². The van der Waals surface area contributed by atoms with Crippen molar-refractivity contribution >= 4 is 17.5 Å². The van der Waals surface area contributed by atoms with Crippen LogP contribution in [0.5, 0.6) is 11.5 Å². The molecule has 0 saturated carbocycles. The van der Waals surface area contributed by atoms with E-state index in [2.05, 4.69) is 5.32 Å². The number of amides is 1. The first-order valence-corrected chi connectivity index (χ1v) is 7.29. The van der Waals surface area contributed by atoms with Gasteiger partial charge in [-0.1, -0.05) is 23.7 Å². The second-order valence-electron chi connectivity index (χ2n) is 4.78. The molecular formula is C17H18ClNO3. The van der Waals surface area contributed by atoms with Crippen molar-refractivity contribution in [1.82, 2.24) is 5.32 Å². The zero-order chi connectivity index (χ0) is 15.9. The fraction of sp³-hybridized carbons (Fsp3) is 0.235. The molecule has 5 heteroatoms. The SMILES string of the molecule is COc1ccc(CNC(=O)C(C)Oc2ccc(Cl)cc2)cc1. The number of nitrogens with one attached hydrogen (secondary N) is 1. The van der Waals surface area contributed by atoms with Crippen LogP contribution >= 0.6 is 11.6 Å². The molecular weight excluding hydrogens is 302 g/mol. The minimum absolute atomic E-state index is 0.175. The number of rotatable bonds is 6. The first kappa shape index (κ1) is 16.2. The average molecular weight is 320 g/mol. The Hall–Kier alpha value is -2.20. The van der Waals surface area contributed by atoms with Crippen molar-refractivity contribution in [3.8, 4) is 11.5 Å². The van der Waals surface area contributed by atoms with Crippen molar-refractivity contribution in [2.24, 2.45) is 0 Å². The monoisotopic (exact) mass is 319 g/mol. The van der Waals surface area contributed by atoms with E-state index >= 15 is 0 Å². The summed E-state index contributed by atoms with van der Waals surface area (Å²) in [6.07, 6.45) is -0.584. The molecule has 1 unspecified atom stereocenters. The highest BCUT2D eigenvalue weighted by atomic mass is 35.5. The van der Waals surface area contributed by atoms with E-state index in [4.69, 9.17) is 21.1 Å². The second-order valence-corrected chi connectivity index (χ2v) is 5.22. The van der Waals surface area contributed by atoms with Crippen LogP contribution in [0, 0.1) is 0 Å². The Morgan fingerprint density at radius 3 is 2.27 bits per heavy atom. The Morgan fingerprint density at radius 2 is 1.68 bits per heavy atom. The summed E-state index contributed by atoms with van der Waals surface area (Å²) >= 11 is 5.81. The standard InChI is InChI=1S/C17H18ClNO3/c1-12(22-16-9-5-14(18)6-10-16)17(20)19-11-13-3-7-15(21-2)8-4-13/h3-10,12H,11H2,1-2H3,(H,19,20). The molecule has 116 valence electrons. The van der Waals surface area contributed by atoms with E-state index in [1.54, 1.807) is 38.3 Å². The third-order valence-electron chi connectivity index (χ3n) is 3.12. The van der Waals surface area contributed by atoms with Crippen molar-refractivity contribution in [1.29, 1.82) is 0 Å². The van der Waals surface area contributed by atoms with Gasteiger partial charge in [0.1, 0.15) is 11.5 Å². The predicted octanol–water partition coefficient (Wildman–Crippen LogP) is 3.43. The summed E-state index contributed by atoms with van der Waals surface area (Å²) in [4.78, 5) is 12.0. The number of hydrogen-bond donors (Lipinski definition) is 1. The number of carbonyl (C=O) groups is 1. The zero-order valence-corrected chi connectivity index (χ0v) is 13.3. The van der Waals surface area contributed by atoms with Crippen LogP contribution in [-0.4, -0.2) is 19.1 Å². The average Bonchev–Trinajstić information content (AvgIpc) is 2.55. The van der Waals surface area contributed by atoms with Gasteiger partial charge in [-0.15, -0.1) is 0 Å². The molecule has 0 aliphatic rings. The van der Waals surface area contributed by atoms with Crippen LogP contribution in [0.4, 0.5) is 0 Å². The highest BCUT2D eigenvalue weighted by Crippen LogP contribution is 2.17. The van der Waals surface area contributed by atoms with Crippen LogP contribution in [-0.2, 0) is 11.3 Å². The minimum atomic E-state index is -0.584. The third-order valence-corrected chi connectivity index (χ3v) is 3.37. The molecule has 0 bridgehead atoms. The van der Waals surface area contributed by atoms with Gasteiger partial charge in [0, 0.05) is 11.6 Å². The van der Waals surface area contributed by atoms with E-state index in [9.17, 15) is 4.79 Å². The lowest BCUT2D eigenvalue weighted by atomic mass is 10.2. The molecule has 0 aliphatic carbocycles. The van der Waals surface area contributed by atoms with Gasteiger partial charge >= 0.3 is 0 Å². The summed E-state index contributed by atoms with van der Waals surface area (Å²) < 4.78 is 10.7. The molecule has 1 atom stereocenters. The van der Waals surface area contributed by atoms with Gasteiger partial charge in [-0.2, -0.15) is 0 Å². The molecule has 1 N–H and O–H groups in total. The number of hydrogen-bond acceptors (Lipinski definition) is 3. The fourth-order valence-corrected chi connectivity index (χ4v) is 1.97. The Kier molecular flexibility index (Phi) is 5.67. The molecule has 0 aromatic heterocycles. The van der Waals surface area contributed by atoms with Gasteiger partial charge < -0.3 is 14.8 Å². The van der Waals surface area contributed by atoms with Crippen LogP contribution in [0.15, 0.2) is 48.5 Å². The van der Waals surface area contributed by atoms with E-state index in [0.29, 0.717) is 17.3 Å². The van der Waals surface area contributed by atoms with Gasteiger partial charge in [-0.3, -0.25) is 4.79 Å². The van der Waals surface area contributed by atoms with E-state index < -0.39 is 6.10 Å². The first-order valence-electron chi connectivity index (χ1n) is 6.91. The van der Waals surface area contributed by atoms with E-state index in [0.717, 1.165) is 11.3 Å². The molecule has 2 aromatic rings. The maximum absolute atomic E-state index is 12.0. The maximum atomic E-state index is 12.0. The Bertz CT molecular complexity index is 611. The summed E-state index contributed by atoms with van der Waals surface area (Å²) in [5, 5.41) is 3.47. The van der Waals surface area contributed by atoms with Crippen LogP contribution in [0.2, 0.25) is 5.02 Å². The van der Waals surface area contributed by atoms with E-state index in [-0.39, 0.29) is 5.91 Å². The molecule has 1 amide bonds. The van der Waals surface area contributed by atoms with Gasteiger partial charge in [0.2, 0.25) is 0 Å². The third kappa shape index (κ3) is 4.67. The molecule has 0 fully saturated rings. The van der Waals surface area contributed by atoms with Crippen molar-refractivity contribution < 1.29 is 14.3 Å². The maximum Gasteiger partial charge on any atom is 0.261 e. The van der Waals surface area contributed by atoms with Crippen molar-refractivity contribution in [2.45, 2.75) is 19.6 Å². The largest absolute Gasteiger partial charge is 0.497 e. The molecule has 0 spiro atoms. The lowest BCUT2D eigenvalue weighted by Crippen LogP contribution is -2.35. The molecule has 0 aliphatic heterocycles. The topological polar surface area (TPSA) is 47.6 Å². The summed E-state index contributed by atoms with van der Waals surface area (Å²) in [5.74, 6) is 1.22. The Labute approximate surface area is 135 Å². The summed E-state index contributed by atoms with van der Waals surface area (Å²) in [5.41, 5.74) is 0.993. The van der Waals surface area contributed by atoms with Gasteiger partial charge in [0.15, 0.2) is 6.10 Å². The normalized spacial score (nSPS) is 11.6. The number of methoxy groups -OCH3 is 1. The number of benzene rings is 2. The summed E-state index contributed by atoms with van der Waals surface area (Å²) in [6, 6.07) is 14.4. The summed E-state index contributed by atoms with van der Waals surface area (Å²) in [6.45, 7) is 2.15. The van der Waals surface area contributed by atoms with E-state index in [1.165, 1.54) is 0 Å². The highest BCUT2D eigenvalue weighted by molar-refractivity contribution is 6.30. The molecule has 0 saturated heterocycles. The molecule has 0 radical (unpaired) electrons. The van der Waals surface area contributed by atoms with Gasteiger partial charge in [-0.05, 0) is 48.9 Å².